The third-order valence-electron chi connectivity index (χ3n) is 2.39. The van der Waals surface area contributed by atoms with Crippen LogP contribution < -0.4 is 0 Å². The summed E-state index contributed by atoms with van der Waals surface area (Å²) >= 11 is 2.42. The van der Waals surface area contributed by atoms with Gasteiger partial charge in [-0.25, -0.2) is 0 Å². The van der Waals surface area contributed by atoms with E-state index >= 15 is 0 Å². The van der Waals surface area contributed by atoms with Crippen molar-refractivity contribution in [1.29, 1.82) is 0 Å². The normalized spacial score (nSPS) is 12.5. The van der Waals surface area contributed by atoms with Gasteiger partial charge in [0.1, 0.15) is 0 Å². The lowest BCUT2D eigenvalue weighted by atomic mass is 10.0. The zero-order valence-electron chi connectivity index (χ0n) is 7.03. The molecule has 2 rings (SSSR count). The average molecular weight is 258 g/mol. The highest BCUT2D eigenvalue weighted by Gasteiger charge is 2.28. The second-order valence-electron chi connectivity index (χ2n) is 3.48. The first-order valence-corrected chi connectivity index (χ1v) is 5.04. The van der Waals surface area contributed by atoms with Gasteiger partial charge in [0.2, 0.25) is 0 Å². The molecule has 0 unspecified atom stereocenters. The second kappa shape index (κ2) is 2.22. The Labute approximate surface area is 81.1 Å². The lowest BCUT2D eigenvalue weighted by Gasteiger charge is -2.03. The Hall–Kier alpha value is -0.0500. The molecule has 0 aromatic heterocycles. The van der Waals surface area contributed by atoms with E-state index in [0.29, 0.717) is 5.92 Å². The molecule has 0 radical (unpaired) electrons. The SMILES string of the molecule is Cc1c(C(C)C)cc2c(I)c1-2. The number of hydrogen-bond donors (Lipinski definition) is 0. The fraction of sp³-hybridized carbons (Fsp3) is 0.400. The topological polar surface area (TPSA) is 0 Å². The van der Waals surface area contributed by atoms with Gasteiger partial charge in [-0.3, -0.25) is 0 Å². The third kappa shape index (κ3) is 0.934. The van der Waals surface area contributed by atoms with Crippen LogP contribution in [0.5, 0.6) is 0 Å². The minimum atomic E-state index is 0.687. The lowest BCUT2D eigenvalue weighted by Crippen LogP contribution is -1.85. The molecule has 0 saturated carbocycles. The van der Waals surface area contributed by atoms with Crippen LogP contribution in [-0.2, 0) is 0 Å². The maximum absolute atomic E-state index is 2.42. The molecule has 0 nitrogen and oxygen atoms in total. The predicted molar refractivity (Wildman–Crippen MR) is 57.0 cm³/mol. The fourth-order valence-electron chi connectivity index (χ4n) is 1.69. The van der Waals surface area contributed by atoms with E-state index in [1.165, 1.54) is 25.8 Å². The first kappa shape index (κ1) is 7.59. The highest BCUT2D eigenvalue weighted by molar-refractivity contribution is 14.1. The predicted octanol–water partition coefficient (Wildman–Crippen LogP) is 3.70. The van der Waals surface area contributed by atoms with Crippen LogP contribution in [0.25, 0.3) is 11.1 Å². The Bertz CT molecular complexity index is 324. The zero-order valence-corrected chi connectivity index (χ0v) is 9.19. The number of hydrogen-bond acceptors (Lipinski definition) is 0. The van der Waals surface area contributed by atoms with Crippen molar-refractivity contribution in [2.75, 3.05) is 0 Å². The van der Waals surface area contributed by atoms with Gasteiger partial charge in [-0.05, 0) is 63.8 Å². The Morgan fingerprint density at radius 3 is 2.36 bits per heavy atom. The molecule has 58 valence electrons. The summed E-state index contributed by atoms with van der Waals surface area (Å²) in [7, 11) is 0. The second-order valence-corrected chi connectivity index (χ2v) is 4.56. The Morgan fingerprint density at radius 1 is 1.36 bits per heavy atom. The van der Waals surface area contributed by atoms with Crippen molar-refractivity contribution in [2.45, 2.75) is 26.7 Å². The van der Waals surface area contributed by atoms with Gasteiger partial charge >= 0.3 is 0 Å². The third-order valence-corrected chi connectivity index (χ3v) is 3.51. The van der Waals surface area contributed by atoms with Crippen LogP contribution in [0.15, 0.2) is 6.07 Å². The molecule has 1 heteroatoms. The summed E-state index contributed by atoms with van der Waals surface area (Å²) in [4.78, 5) is 0. The largest absolute Gasteiger partial charge is 0.0587 e. The molecule has 0 heterocycles. The average Bonchev–Trinajstić information content (AvgIpc) is 2.36. The molecule has 0 aromatic carbocycles. The fourth-order valence-corrected chi connectivity index (χ4v) is 2.67. The highest BCUT2D eigenvalue weighted by atomic mass is 127. The van der Waals surface area contributed by atoms with E-state index in [2.05, 4.69) is 49.4 Å². The maximum Gasteiger partial charge on any atom is 0.0290 e. The summed E-state index contributed by atoms with van der Waals surface area (Å²) in [5.74, 6) is 0.687. The highest BCUT2D eigenvalue weighted by Crippen LogP contribution is 2.49. The summed E-state index contributed by atoms with van der Waals surface area (Å²) in [6.07, 6.45) is 0. The van der Waals surface area contributed by atoms with Crippen molar-refractivity contribution in [3.05, 3.63) is 20.8 Å². The standard InChI is InChI=1S/C10H11I/c1-5(2)7-4-8-9(6(7)3)10(8)11/h4-5H,1-3H3. The van der Waals surface area contributed by atoms with Gasteiger partial charge in [-0.2, -0.15) is 0 Å². The number of benzene rings is 1. The summed E-state index contributed by atoms with van der Waals surface area (Å²) in [5.41, 5.74) is 6.09. The summed E-state index contributed by atoms with van der Waals surface area (Å²) in [6.45, 7) is 6.75. The Morgan fingerprint density at radius 2 is 2.00 bits per heavy atom. The van der Waals surface area contributed by atoms with E-state index < -0.39 is 0 Å². The van der Waals surface area contributed by atoms with Crippen molar-refractivity contribution in [2.24, 2.45) is 0 Å². The molecule has 0 aliphatic heterocycles. The van der Waals surface area contributed by atoms with Gasteiger partial charge in [-0.1, -0.05) is 13.8 Å². The maximum atomic E-state index is 2.42. The lowest BCUT2D eigenvalue weighted by molar-refractivity contribution is 0.863. The summed E-state index contributed by atoms with van der Waals surface area (Å²) in [5, 5.41) is 0. The van der Waals surface area contributed by atoms with E-state index in [4.69, 9.17) is 0 Å². The molecule has 2 aliphatic rings. The van der Waals surface area contributed by atoms with E-state index in [1.807, 2.05) is 0 Å². The molecule has 2 aliphatic carbocycles. The van der Waals surface area contributed by atoms with Crippen LogP contribution in [0.3, 0.4) is 0 Å². The van der Waals surface area contributed by atoms with Crippen LogP contribution in [0.2, 0.25) is 0 Å². The van der Waals surface area contributed by atoms with Crippen LogP contribution in [0, 0.1) is 10.5 Å². The van der Waals surface area contributed by atoms with Crippen LogP contribution in [0.4, 0.5) is 0 Å². The van der Waals surface area contributed by atoms with Crippen molar-refractivity contribution in [3.8, 4) is 11.1 Å². The molecule has 0 aromatic rings. The van der Waals surface area contributed by atoms with Gasteiger partial charge in [0.25, 0.3) is 0 Å². The molecule has 0 bridgehead atoms. The Kier molecular flexibility index (Phi) is 1.53. The van der Waals surface area contributed by atoms with Crippen molar-refractivity contribution in [3.63, 3.8) is 0 Å². The van der Waals surface area contributed by atoms with Crippen molar-refractivity contribution < 1.29 is 0 Å². The number of rotatable bonds is 1. The first-order chi connectivity index (χ1) is 5.13. The van der Waals surface area contributed by atoms with E-state index in [1.54, 1.807) is 0 Å². The van der Waals surface area contributed by atoms with Crippen molar-refractivity contribution in [1.82, 2.24) is 0 Å². The molecule has 0 N–H and O–H groups in total. The van der Waals surface area contributed by atoms with Crippen LogP contribution in [-0.4, -0.2) is 0 Å². The molecule has 0 amide bonds. The molecule has 0 atom stereocenters. The van der Waals surface area contributed by atoms with Gasteiger partial charge in [-0.15, -0.1) is 0 Å². The molecule has 0 fully saturated rings. The van der Waals surface area contributed by atoms with E-state index in [-0.39, 0.29) is 0 Å². The minimum Gasteiger partial charge on any atom is -0.0587 e. The van der Waals surface area contributed by atoms with Gasteiger partial charge in [0, 0.05) is 3.57 Å². The van der Waals surface area contributed by atoms with Crippen molar-refractivity contribution >= 4 is 22.6 Å². The number of halogens is 1. The minimum absolute atomic E-state index is 0.687. The smallest absolute Gasteiger partial charge is 0.0290 e. The molecule has 11 heavy (non-hydrogen) atoms. The zero-order chi connectivity index (χ0) is 8.17. The summed E-state index contributed by atoms with van der Waals surface area (Å²) < 4.78 is 1.49. The molecular weight excluding hydrogens is 247 g/mol. The number of fused-ring (bicyclic) bond motifs is 1. The van der Waals surface area contributed by atoms with Crippen LogP contribution >= 0.6 is 22.6 Å². The quantitative estimate of drug-likeness (QED) is 0.684. The van der Waals surface area contributed by atoms with Gasteiger partial charge in [0.05, 0.1) is 0 Å². The van der Waals surface area contributed by atoms with Gasteiger partial charge in [0.15, 0.2) is 0 Å². The van der Waals surface area contributed by atoms with E-state index in [0.717, 1.165) is 0 Å². The first-order valence-electron chi connectivity index (χ1n) is 3.96. The van der Waals surface area contributed by atoms with Gasteiger partial charge < -0.3 is 0 Å². The molecular formula is C10H11I. The summed E-state index contributed by atoms with van der Waals surface area (Å²) in [6, 6.07) is 2.34. The monoisotopic (exact) mass is 258 g/mol. The van der Waals surface area contributed by atoms with E-state index in [9.17, 15) is 0 Å². The Balaban J connectivity index is 2.50. The van der Waals surface area contributed by atoms with Crippen LogP contribution in [0.1, 0.15) is 30.9 Å². The molecule has 0 spiro atoms. The molecule has 0 saturated heterocycles.